The van der Waals surface area contributed by atoms with Gasteiger partial charge in [0.15, 0.2) is 5.65 Å². The van der Waals surface area contributed by atoms with Gasteiger partial charge >= 0.3 is 0 Å². The molecular formula is C13H19N3. The summed E-state index contributed by atoms with van der Waals surface area (Å²) in [4.78, 5) is 9.26. The van der Waals surface area contributed by atoms with Crippen molar-refractivity contribution in [1.29, 1.82) is 0 Å². The van der Waals surface area contributed by atoms with Crippen molar-refractivity contribution in [3.63, 3.8) is 0 Å². The highest BCUT2D eigenvalue weighted by atomic mass is 15.1. The van der Waals surface area contributed by atoms with Crippen molar-refractivity contribution in [1.82, 2.24) is 14.5 Å². The summed E-state index contributed by atoms with van der Waals surface area (Å²) in [5.41, 5.74) is 4.36. The predicted octanol–water partition coefficient (Wildman–Crippen LogP) is 2.93. The Balaban J connectivity index is 2.54. The molecule has 0 atom stereocenters. The SMILES string of the molecule is CCCCc1nc2c(C)cc(C)nc2n1C. The molecule has 2 rings (SSSR count). The highest BCUT2D eigenvalue weighted by Gasteiger charge is 2.10. The Morgan fingerprint density at radius 2 is 2.00 bits per heavy atom. The summed E-state index contributed by atoms with van der Waals surface area (Å²) in [5, 5.41) is 0. The molecule has 86 valence electrons. The second-order valence-electron chi connectivity index (χ2n) is 4.44. The van der Waals surface area contributed by atoms with Crippen LogP contribution in [0.15, 0.2) is 6.07 Å². The summed E-state index contributed by atoms with van der Waals surface area (Å²) >= 11 is 0. The Labute approximate surface area is 96.5 Å². The Morgan fingerprint density at radius 1 is 1.25 bits per heavy atom. The molecular weight excluding hydrogens is 198 g/mol. The average molecular weight is 217 g/mol. The van der Waals surface area contributed by atoms with E-state index in [2.05, 4.69) is 36.5 Å². The zero-order valence-electron chi connectivity index (χ0n) is 10.5. The molecule has 0 radical (unpaired) electrons. The largest absolute Gasteiger partial charge is 0.316 e. The Bertz CT molecular complexity index is 511. The molecule has 2 aromatic rings. The van der Waals surface area contributed by atoms with Gasteiger partial charge in [0, 0.05) is 19.2 Å². The van der Waals surface area contributed by atoms with Gasteiger partial charge in [0.1, 0.15) is 11.3 Å². The summed E-state index contributed by atoms with van der Waals surface area (Å²) in [6.45, 7) is 6.34. The third-order valence-corrected chi connectivity index (χ3v) is 2.99. The summed E-state index contributed by atoms with van der Waals surface area (Å²) in [6, 6.07) is 2.10. The molecule has 0 amide bonds. The van der Waals surface area contributed by atoms with Crippen molar-refractivity contribution in [3.05, 3.63) is 23.1 Å². The van der Waals surface area contributed by atoms with Crippen molar-refractivity contribution < 1.29 is 0 Å². The predicted molar refractivity (Wildman–Crippen MR) is 66.6 cm³/mol. The lowest BCUT2D eigenvalue weighted by Gasteiger charge is -2.01. The molecule has 0 aliphatic rings. The van der Waals surface area contributed by atoms with Crippen molar-refractivity contribution in [2.45, 2.75) is 40.0 Å². The standard InChI is InChI=1S/C13H19N3/c1-5-6-7-11-15-12-9(2)8-10(3)14-13(12)16(11)4/h8H,5-7H2,1-4H3. The van der Waals surface area contributed by atoms with Gasteiger partial charge in [-0.3, -0.25) is 0 Å². The number of imidazole rings is 1. The minimum atomic E-state index is 1.02. The molecule has 3 nitrogen and oxygen atoms in total. The van der Waals surface area contributed by atoms with E-state index in [1.54, 1.807) is 0 Å². The Morgan fingerprint density at radius 3 is 2.69 bits per heavy atom. The maximum atomic E-state index is 4.69. The van der Waals surface area contributed by atoms with E-state index in [-0.39, 0.29) is 0 Å². The number of aromatic nitrogens is 3. The molecule has 2 aromatic heterocycles. The molecule has 0 fully saturated rings. The molecule has 0 unspecified atom stereocenters. The second kappa shape index (κ2) is 4.24. The normalized spacial score (nSPS) is 11.2. The Kier molecular flexibility index (Phi) is 2.95. The van der Waals surface area contributed by atoms with Gasteiger partial charge in [-0.25, -0.2) is 9.97 Å². The number of pyridine rings is 1. The lowest BCUT2D eigenvalue weighted by Crippen LogP contribution is -1.98. The minimum Gasteiger partial charge on any atom is -0.316 e. The van der Waals surface area contributed by atoms with Crippen LogP contribution in [0, 0.1) is 13.8 Å². The van der Waals surface area contributed by atoms with Crippen molar-refractivity contribution in [2.24, 2.45) is 7.05 Å². The number of hydrogen-bond donors (Lipinski definition) is 0. The topological polar surface area (TPSA) is 30.7 Å². The average Bonchev–Trinajstić information content (AvgIpc) is 2.54. The minimum absolute atomic E-state index is 1.02. The highest BCUT2D eigenvalue weighted by molar-refractivity contribution is 5.75. The molecule has 0 saturated carbocycles. The molecule has 0 spiro atoms. The molecule has 0 saturated heterocycles. The number of aryl methyl sites for hydroxylation is 4. The summed E-state index contributed by atoms with van der Waals surface area (Å²) in [6.07, 6.45) is 3.44. The molecule has 0 N–H and O–H groups in total. The van der Waals surface area contributed by atoms with E-state index in [4.69, 9.17) is 4.98 Å². The van der Waals surface area contributed by atoms with Crippen LogP contribution in [0.4, 0.5) is 0 Å². The quantitative estimate of drug-likeness (QED) is 0.791. The van der Waals surface area contributed by atoms with E-state index < -0.39 is 0 Å². The van der Waals surface area contributed by atoms with E-state index in [1.165, 1.54) is 18.4 Å². The lowest BCUT2D eigenvalue weighted by atomic mass is 10.2. The smallest absolute Gasteiger partial charge is 0.160 e. The third-order valence-electron chi connectivity index (χ3n) is 2.99. The molecule has 2 heterocycles. The van der Waals surface area contributed by atoms with E-state index in [0.29, 0.717) is 0 Å². The van der Waals surface area contributed by atoms with E-state index in [9.17, 15) is 0 Å². The molecule has 0 aliphatic heterocycles. The molecule has 16 heavy (non-hydrogen) atoms. The first-order valence-electron chi connectivity index (χ1n) is 5.93. The van der Waals surface area contributed by atoms with Crippen molar-refractivity contribution in [2.75, 3.05) is 0 Å². The highest BCUT2D eigenvalue weighted by Crippen LogP contribution is 2.18. The zero-order valence-corrected chi connectivity index (χ0v) is 10.5. The van der Waals surface area contributed by atoms with E-state index >= 15 is 0 Å². The second-order valence-corrected chi connectivity index (χ2v) is 4.44. The van der Waals surface area contributed by atoms with E-state index in [0.717, 1.165) is 29.1 Å². The fraction of sp³-hybridized carbons (Fsp3) is 0.538. The van der Waals surface area contributed by atoms with Gasteiger partial charge in [0.2, 0.25) is 0 Å². The zero-order chi connectivity index (χ0) is 11.7. The van der Waals surface area contributed by atoms with Crippen LogP contribution in [0.2, 0.25) is 0 Å². The summed E-state index contributed by atoms with van der Waals surface area (Å²) in [5.74, 6) is 1.15. The van der Waals surface area contributed by atoms with Crippen LogP contribution >= 0.6 is 0 Å². The van der Waals surface area contributed by atoms with Crippen molar-refractivity contribution in [3.8, 4) is 0 Å². The van der Waals surface area contributed by atoms with Crippen LogP contribution in [0.3, 0.4) is 0 Å². The first-order valence-corrected chi connectivity index (χ1v) is 5.93. The van der Waals surface area contributed by atoms with Gasteiger partial charge in [-0.05, 0) is 31.9 Å². The number of rotatable bonds is 3. The van der Waals surface area contributed by atoms with Gasteiger partial charge in [-0.1, -0.05) is 13.3 Å². The molecule has 3 heteroatoms. The fourth-order valence-electron chi connectivity index (χ4n) is 2.07. The van der Waals surface area contributed by atoms with Crippen molar-refractivity contribution >= 4 is 11.2 Å². The molecule has 0 aromatic carbocycles. The summed E-state index contributed by atoms with van der Waals surface area (Å²) < 4.78 is 2.13. The first-order chi connectivity index (χ1) is 7.63. The number of unbranched alkanes of at least 4 members (excludes halogenated alkanes) is 1. The van der Waals surface area contributed by atoms with Gasteiger partial charge in [-0.2, -0.15) is 0 Å². The maximum Gasteiger partial charge on any atom is 0.160 e. The van der Waals surface area contributed by atoms with Crippen LogP contribution in [-0.2, 0) is 13.5 Å². The fourth-order valence-corrected chi connectivity index (χ4v) is 2.07. The first kappa shape index (κ1) is 11.1. The third kappa shape index (κ3) is 1.82. The maximum absolute atomic E-state index is 4.69. The lowest BCUT2D eigenvalue weighted by molar-refractivity contribution is 0.717. The van der Waals surface area contributed by atoms with Crippen LogP contribution in [0.1, 0.15) is 36.8 Å². The number of fused-ring (bicyclic) bond motifs is 1. The van der Waals surface area contributed by atoms with Crippen LogP contribution in [0.5, 0.6) is 0 Å². The number of hydrogen-bond acceptors (Lipinski definition) is 2. The summed E-state index contributed by atoms with van der Waals surface area (Å²) in [7, 11) is 2.06. The van der Waals surface area contributed by atoms with Gasteiger partial charge in [0.05, 0.1) is 0 Å². The number of nitrogens with zero attached hydrogens (tertiary/aromatic N) is 3. The Hall–Kier alpha value is -1.38. The van der Waals surface area contributed by atoms with Gasteiger partial charge in [-0.15, -0.1) is 0 Å². The molecule has 0 bridgehead atoms. The van der Waals surface area contributed by atoms with Gasteiger partial charge in [0.25, 0.3) is 0 Å². The van der Waals surface area contributed by atoms with Crippen LogP contribution < -0.4 is 0 Å². The van der Waals surface area contributed by atoms with Crippen LogP contribution in [0.25, 0.3) is 11.2 Å². The van der Waals surface area contributed by atoms with E-state index in [1.807, 2.05) is 6.92 Å². The van der Waals surface area contributed by atoms with Gasteiger partial charge < -0.3 is 4.57 Å². The molecule has 0 aliphatic carbocycles. The van der Waals surface area contributed by atoms with Crippen LogP contribution in [-0.4, -0.2) is 14.5 Å². The monoisotopic (exact) mass is 217 g/mol.